The number of hydrogen-bond donors (Lipinski definition) is 1. The second-order valence-electron chi connectivity index (χ2n) is 8.71. The van der Waals surface area contributed by atoms with Gasteiger partial charge in [0.2, 0.25) is 0 Å². The first-order valence-corrected chi connectivity index (χ1v) is 12.2. The van der Waals surface area contributed by atoms with Crippen LogP contribution in [-0.4, -0.2) is 34.0 Å². The molecule has 0 aliphatic carbocycles. The van der Waals surface area contributed by atoms with Gasteiger partial charge in [-0.1, -0.05) is 32.9 Å². The van der Waals surface area contributed by atoms with Gasteiger partial charge in [0.15, 0.2) is 21.6 Å². The van der Waals surface area contributed by atoms with E-state index < -0.39 is 0 Å². The van der Waals surface area contributed by atoms with E-state index >= 15 is 0 Å². The standard InChI is InChI=1S/C24H26N4O3S2/c1-15-13-33-22(25-15)27-21(29)19-17(26-23-28(19)11-12-32-23)10-9-16-7-6-8-18(30-5)20(16)31-14-24(2,3)4/h6-13H,14H2,1-5H3,(H,25,27,29)/b10-9+. The molecule has 33 heavy (non-hydrogen) atoms. The Morgan fingerprint density at radius 2 is 2.03 bits per heavy atom. The first kappa shape index (κ1) is 23.0. The van der Waals surface area contributed by atoms with E-state index in [9.17, 15) is 4.79 Å². The number of fused-ring (bicyclic) bond motifs is 1. The molecule has 4 rings (SSSR count). The van der Waals surface area contributed by atoms with E-state index in [1.54, 1.807) is 11.5 Å². The Morgan fingerprint density at radius 1 is 1.21 bits per heavy atom. The largest absolute Gasteiger partial charge is 0.493 e. The lowest BCUT2D eigenvalue weighted by molar-refractivity contribution is 0.102. The number of nitrogens with one attached hydrogen (secondary N) is 1. The molecule has 7 nitrogen and oxygen atoms in total. The molecule has 3 aromatic heterocycles. The number of carbonyl (C=O) groups excluding carboxylic acids is 1. The molecule has 0 aliphatic rings. The first-order valence-electron chi connectivity index (χ1n) is 10.4. The average Bonchev–Trinajstić information content (AvgIpc) is 3.46. The van der Waals surface area contributed by atoms with Crippen LogP contribution in [0.5, 0.6) is 11.5 Å². The van der Waals surface area contributed by atoms with E-state index in [1.165, 1.54) is 22.7 Å². The molecule has 0 radical (unpaired) electrons. The zero-order chi connectivity index (χ0) is 23.6. The Kier molecular flexibility index (Phi) is 6.53. The average molecular weight is 483 g/mol. The normalized spacial score (nSPS) is 11.9. The molecule has 0 atom stereocenters. The van der Waals surface area contributed by atoms with Crippen molar-refractivity contribution in [3.63, 3.8) is 0 Å². The van der Waals surface area contributed by atoms with Gasteiger partial charge < -0.3 is 9.47 Å². The van der Waals surface area contributed by atoms with Crippen LogP contribution in [-0.2, 0) is 0 Å². The van der Waals surface area contributed by atoms with E-state index in [-0.39, 0.29) is 11.3 Å². The van der Waals surface area contributed by atoms with E-state index in [0.29, 0.717) is 34.6 Å². The molecular formula is C24H26N4O3S2. The molecule has 1 aromatic carbocycles. The number of thiazole rings is 2. The highest BCUT2D eigenvalue weighted by Gasteiger charge is 2.20. The van der Waals surface area contributed by atoms with Gasteiger partial charge in [0.1, 0.15) is 5.69 Å². The van der Waals surface area contributed by atoms with Gasteiger partial charge in [-0.15, -0.1) is 22.7 Å². The van der Waals surface area contributed by atoms with Crippen LogP contribution >= 0.6 is 22.7 Å². The maximum Gasteiger partial charge on any atom is 0.276 e. The molecule has 0 bridgehead atoms. The zero-order valence-electron chi connectivity index (χ0n) is 19.2. The zero-order valence-corrected chi connectivity index (χ0v) is 20.8. The number of hydrogen-bond acceptors (Lipinski definition) is 7. The highest BCUT2D eigenvalue weighted by Crippen LogP contribution is 2.34. The molecule has 1 amide bonds. The summed E-state index contributed by atoms with van der Waals surface area (Å²) in [6.45, 7) is 8.78. The number of nitrogens with zero attached hydrogens (tertiary/aromatic N) is 3. The van der Waals surface area contributed by atoms with Crippen molar-refractivity contribution in [2.24, 2.45) is 5.41 Å². The minimum Gasteiger partial charge on any atom is -0.493 e. The van der Waals surface area contributed by atoms with E-state index in [2.05, 4.69) is 36.1 Å². The number of ether oxygens (including phenoxy) is 2. The summed E-state index contributed by atoms with van der Waals surface area (Å²) in [6.07, 6.45) is 5.58. The van der Waals surface area contributed by atoms with Crippen molar-refractivity contribution in [3.05, 3.63) is 57.8 Å². The van der Waals surface area contributed by atoms with Crippen molar-refractivity contribution in [1.82, 2.24) is 14.4 Å². The third-order valence-electron chi connectivity index (χ3n) is 4.64. The molecular weight excluding hydrogens is 456 g/mol. The van der Waals surface area contributed by atoms with Crippen LogP contribution in [0.2, 0.25) is 0 Å². The fraction of sp³-hybridized carbons (Fsp3) is 0.292. The highest BCUT2D eigenvalue weighted by atomic mass is 32.1. The predicted molar refractivity (Wildman–Crippen MR) is 135 cm³/mol. The van der Waals surface area contributed by atoms with Gasteiger partial charge in [-0.05, 0) is 30.6 Å². The number of carbonyl (C=O) groups is 1. The molecule has 0 spiro atoms. The maximum absolute atomic E-state index is 13.1. The maximum atomic E-state index is 13.1. The van der Waals surface area contributed by atoms with Crippen LogP contribution in [0.1, 0.15) is 48.2 Å². The number of anilines is 1. The number of rotatable bonds is 7. The number of para-hydroxylation sites is 1. The number of aromatic nitrogens is 3. The summed E-state index contributed by atoms with van der Waals surface area (Å²) >= 11 is 2.87. The summed E-state index contributed by atoms with van der Waals surface area (Å²) in [5.74, 6) is 1.06. The Hall–Kier alpha value is -3.17. The van der Waals surface area contributed by atoms with Crippen LogP contribution in [0.15, 0.2) is 35.2 Å². The molecule has 0 unspecified atom stereocenters. The number of methoxy groups -OCH3 is 1. The molecule has 0 fully saturated rings. The number of benzene rings is 1. The monoisotopic (exact) mass is 482 g/mol. The van der Waals surface area contributed by atoms with Crippen molar-refractivity contribution in [3.8, 4) is 11.5 Å². The van der Waals surface area contributed by atoms with Crippen LogP contribution < -0.4 is 14.8 Å². The fourth-order valence-electron chi connectivity index (χ4n) is 3.15. The molecule has 0 saturated carbocycles. The Morgan fingerprint density at radius 3 is 2.73 bits per heavy atom. The Balaban J connectivity index is 1.68. The van der Waals surface area contributed by atoms with Gasteiger partial charge in [0.05, 0.1) is 25.1 Å². The fourth-order valence-corrected chi connectivity index (χ4v) is 4.55. The predicted octanol–water partition coefficient (Wildman–Crippen LogP) is 6.02. The molecule has 0 aliphatic heterocycles. The lowest BCUT2D eigenvalue weighted by Crippen LogP contribution is -2.17. The van der Waals surface area contributed by atoms with Crippen LogP contribution in [0.3, 0.4) is 0 Å². The number of imidazole rings is 1. The van der Waals surface area contributed by atoms with Crippen molar-refractivity contribution in [2.75, 3.05) is 19.0 Å². The van der Waals surface area contributed by atoms with Crippen LogP contribution in [0.25, 0.3) is 17.1 Å². The van der Waals surface area contributed by atoms with Gasteiger partial charge >= 0.3 is 0 Å². The second kappa shape index (κ2) is 9.36. The van der Waals surface area contributed by atoms with Crippen LogP contribution in [0.4, 0.5) is 5.13 Å². The topological polar surface area (TPSA) is 77.8 Å². The molecule has 172 valence electrons. The summed E-state index contributed by atoms with van der Waals surface area (Å²) in [7, 11) is 1.62. The SMILES string of the molecule is COc1cccc(/C=C/c2nc3sccn3c2C(=O)Nc2nc(C)cs2)c1OCC(C)(C)C. The Labute approximate surface area is 200 Å². The van der Waals surface area contributed by atoms with Gasteiger partial charge in [0.25, 0.3) is 5.91 Å². The summed E-state index contributed by atoms with van der Waals surface area (Å²) in [4.78, 5) is 22.9. The van der Waals surface area contributed by atoms with Crippen molar-refractivity contribution >= 4 is 50.8 Å². The van der Waals surface area contributed by atoms with E-state index in [4.69, 9.17) is 9.47 Å². The third kappa shape index (κ3) is 5.26. The lowest BCUT2D eigenvalue weighted by Gasteiger charge is -2.21. The minimum atomic E-state index is -0.259. The van der Waals surface area contributed by atoms with Crippen molar-refractivity contribution < 1.29 is 14.3 Å². The Bertz CT molecular complexity index is 1310. The molecule has 9 heteroatoms. The minimum absolute atomic E-state index is 0.00445. The molecule has 3 heterocycles. The van der Waals surface area contributed by atoms with Crippen molar-refractivity contribution in [2.45, 2.75) is 27.7 Å². The molecule has 0 saturated heterocycles. The highest BCUT2D eigenvalue weighted by molar-refractivity contribution is 7.15. The number of amides is 1. The van der Waals surface area contributed by atoms with Gasteiger partial charge in [-0.25, -0.2) is 9.97 Å². The first-order chi connectivity index (χ1) is 15.7. The summed E-state index contributed by atoms with van der Waals surface area (Å²) in [5.41, 5.74) is 2.73. The summed E-state index contributed by atoms with van der Waals surface area (Å²) < 4.78 is 13.4. The van der Waals surface area contributed by atoms with E-state index in [0.717, 1.165) is 16.2 Å². The number of aryl methyl sites for hydroxylation is 1. The molecule has 4 aromatic rings. The summed E-state index contributed by atoms with van der Waals surface area (Å²) in [6, 6.07) is 5.73. The quantitative estimate of drug-likeness (QED) is 0.349. The van der Waals surface area contributed by atoms with Crippen molar-refractivity contribution in [1.29, 1.82) is 0 Å². The van der Waals surface area contributed by atoms with Gasteiger partial charge in [-0.3, -0.25) is 14.5 Å². The summed E-state index contributed by atoms with van der Waals surface area (Å²) in [5, 5.41) is 7.25. The smallest absolute Gasteiger partial charge is 0.276 e. The lowest BCUT2D eigenvalue weighted by atomic mass is 9.98. The third-order valence-corrected chi connectivity index (χ3v) is 6.28. The van der Waals surface area contributed by atoms with Gasteiger partial charge in [0, 0.05) is 22.5 Å². The second-order valence-corrected chi connectivity index (χ2v) is 10.4. The van der Waals surface area contributed by atoms with E-state index in [1.807, 2.05) is 54.2 Å². The van der Waals surface area contributed by atoms with Crippen LogP contribution in [0, 0.1) is 12.3 Å². The molecule has 1 N–H and O–H groups in total. The van der Waals surface area contributed by atoms with Gasteiger partial charge in [-0.2, -0.15) is 0 Å².